The summed E-state index contributed by atoms with van der Waals surface area (Å²) in [6, 6.07) is 18.4. The molecule has 1 heterocycles. The van der Waals surface area contributed by atoms with E-state index in [1.807, 2.05) is 42.5 Å². The van der Waals surface area contributed by atoms with Gasteiger partial charge in [0.25, 0.3) is 5.91 Å². The Balaban J connectivity index is 1.73. The summed E-state index contributed by atoms with van der Waals surface area (Å²) in [4.78, 5) is 20.8. The maximum absolute atomic E-state index is 12.1. The van der Waals surface area contributed by atoms with Crippen LogP contribution in [0.15, 0.2) is 66.9 Å². The van der Waals surface area contributed by atoms with Crippen molar-refractivity contribution in [3.8, 4) is 23.0 Å². The molecule has 1 N–H and O–H groups in total. The quantitative estimate of drug-likeness (QED) is 0.721. The predicted molar refractivity (Wildman–Crippen MR) is 101 cm³/mol. The summed E-state index contributed by atoms with van der Waals surface area (Å²) in [5.74, 6) is 2.08. The number of rotatable bonds is 6. The number of carbonyl (C=O) groups excluding carboxylic acids is 1. The lowest BCUT2D eigenvalue weighted by molar-refractivity contribution is 0.0949. The second-order valence-corrected chi connectivity index (χ2v) is 6.31. The van der Waals surface area contributed by atoms with Crippen molar-refractivity contribution in [1.82, 2.24) is 15.3 Å². The molecule has 5 heteroatoms. The highest BCUT2D eigenvalue weighted by atomic mass is 16.5. The van der Waals surface area contributed by atoms with Crippen LogP contribution in [0.1, 0.15) is 24.2 Å². The average Bonchev–Trinajstić information content (AvgIpc) is 2.67. The first kappa shape index (κ1) is 17.6. The van der Waals surface area contributed by atoms with E-state index in [2.05, 4.69) is 29.1 Å². The summed E-state index contributed by atoms with van der Waals surface area (Å²) in [7, 11) is 0. The fourth-order valence-electron chi connectivity index (χ4n) is 2.32. The molecule has 1 amide bonds. The minimum absolute atomic E-state index is 0.0765. The number of hydrogen-bond donors (Lipinski definition) is 1. The number of carbonyl (C=O) groups is 1. The minimum atomic E-state index is -0.0765. The third-order valence-corrected chi connectivity index (χ3v) is 3.67. The van der Waals surface area contributed by atoms with Crippen LogP contribution in [-0.4, -0.2) is 22.4 Å². The molecule has 0 aliphatic heterocycles. The van der Waals surface area contributed by atoms with Gasteiger partial charge in [-0.15, -0.1) is 0 Å². The smallest absolute Gasteiger partial charge is 0.251 e. The second kappa shape index (κ2) is 8.25. The molecule has 0 saturated heterocycles. The van der Waals surface area contributed by atoms with E-state index in [1.165, 1.54) is 0 Å². The second-order valence-electron chi connectivity index (χ2n) is 6.31. The van der Waals surface area contributed by atoms with Gasteiger partial charge in [-0.3, -0.25) is 4.79 Å². The first-order chi connectivity index (χ1) is 12.6. The molecule has 132 valence electrons. The zero-order chi connectivity index (χ0) is 18.4. The normalized spacial score (nSPS) is 10.6. The predicted octanol–water partition coefficient (Wildman–Crippen LogP) is 4.32. The van der Waals surface area contributed by atoms with Crippen molar-refractivity contribution in [3.63, 3.8) is 0 Å². The van der Waals surface area contributed by atoms with Crippen LogP contribution in [0.4, 0.5) is 0 Å². The lowest BCUT2D eigenvalue weighted by atomic mass is 10.1. The van der Waals surface area contributed by atoms with Gasteiger partial charge in [0, 0.05) is 29.9 Å². The fraction of sp³-hybridized carbons (Fsp3) is 0.190. The number of benzene rings is 2. The topological polar surface area (TPSA) is 64.1 Å². The molecule has 0 atom stereocenters. The molecule has 0 saturated carbocycles. The van der Waals surface area contributed by atoms with Crippen LogP contribution in [0.25, 0.3) is 11.4 Å². The Morgan fingerprint density at radius 2 is 1.77 bits per heavy atom. The molecule has 2 aromatic carbocycles. The van der Waals surface area contributed by atoms with E-state index < -0.39 is 0 Å². The lowest BCUT2D eigenvalue weighted by Gasteiger charge is -2.08. The van der Waals surface area contributed by atoms with E-state index in [9.17, 15) is 4.79 Å². The van der Waals surface area contributed by atoms with Gasteiger partial charge in [-0.2, -0.15) is 4.98 Å². The van der Waals surface area contributed by atoms with Crippen molar-refractivity contribution in [1.29, 1.82) is 0 Å². The van der Waals surface area contributed by atoms with Crippen LogP contribution in [0.5, 0.6) is 11.6 Å². The molecule has 3 rings (SSSR count). The van der Waals surface area contributed by atoms with E-state index in [0.717, 1.165) is 5.56 Å². The van der Waals surface area contributed by atoms with Gasteiger partial charge in [-0.1, -0.05) is 44.2 Å². The molecule has 26 heavy (non-hydrogen) atoms. The Hall–Kier alpha value is -3.21. The molecule has 0 spiro atoms. The Morgan fingerprint density at radius 3 is 2.46 bits per heavy atom. The maximum Gasteiger partial charge on any atom is 0.251 e. The molecular weight excluding hydrogens is 326 g/mol. The molecule has 1 aromatic heterocycles. The molecule has 0 fully saturated rings. The SMILES string of the molecule is CC(C)CNC(=O)c1ccc(-c2nccc(Oc3ccccc3)n2)cc1. The number of hydrogen-bond acceptors (Lipinski definition) is 4. The fourth-order valence-corrected chi connectivity index (χ4v) is 2.32. The first-order valence-electron chi connectivity index (χ1n) is 8.56. The van der Waals surface area contributed by atoms with E-state index in [0.29, 0.717) is 35.5 Å². The van der Waals surface area contributed by atoms with Gasteiger partial charge in [-0.25, -0.2) is 4.98 Å². The van der Waals surface area contributed by atoms with E-state index >= 15 is 0 Å². The van der Waals surface area contributed by atoms with Crippen molar-refractivity contribution < 1.29 is 9.53 Å². The number of aromatic nitrogens is 2. The molecule has 0 aliphatic rings. The van der Waals surface area contributed by atoms with E-state index in [1.54, 1.807) is 24.4 Å². The highest BCUT2D eigenvalue weighted by Crippen LogP contribution is 2.22. The highest BCUT2D eigenvalue weighted by molar-refractivity contribution is 5.94. The van der Waals surface area contributed by atoms with E-state index in [-0.39, 0.29) is 5.91 Å². The van der Waals surface area contributed by atoms with Crippen LogP contribution < -0.4 is 10.1 Å². The molecule has 3 aromatic rings. The summed E-state index contributed by atoms with van der Waals surface area (Å²) in [5.41, 5.74) is 1.44. The Kier molecular flexibility index (Phi) is 5.59. The maximum atomic E-state index is 12.1. The summed E-state index contributed by atoms with van der Waals surface area (Å²) < 4.78 is 5.74. The van der Waals surface area contributed by atoms with Crippen molar-refractivity contribution in [2.24, 2.45) is 5.92 Å². The zero-order valence-corrected chi connectivity index (χ0v) is 14.8. The number of amides is 1. The number of nitrogens with one attached hydrogen (secondary N) is 1. The van der Waals surface area contributed by atoms with Crippen molar-refractivity contribution >= 4 is 5.91 Å². The summed E-state index contributed by atoms with van der Waals surface area (Å²) in [5, 5.41) is 2.90. The van der Waals surface area contributed by atoms with Crippen molar-refractivity contribution in [2.75, 3.05) is 6.54 Å². The third kappa shape index (κ3) is 4.66. The van der Waals surface area contributed by atoms with Gasteiger partial charge < -0.3 is 10.1 Å². The van der Waals surface area contributed by atoms with Gasteiger partial charge >= 0.3 is 0 Å². The average molecular weight is 347 g/mol. The summed E-state index contributed by atoms with van der Waals surface area (Å²) in [6.07, 6.45) is 1.66. The monoisotopic (exact) mass is 347 g/mol. The summed E-state index contributed by atoms with van der Waals surface area (Å²) in [6.45, 7) is 4.78. The largest absolute Gasteiger partial charge is 0.439 e. The highest BCUT2D eigenvalue weighted by Gasteiger charge is 2.08. The molecule has 5 nitrogen and oxygen atoms in total. The van der Waals surface area contributed by atoms with Crippen LogP contribution in [0, 0.1) is 5.92 Å². The molecule has 0 aliphatic carbocycles. The van der Waals surface area contributed by atoms with Crippen LogP contribution in [0.2, 0.25) is 0 Å². The number of nitrogens with zero attached hydrogens (tertiary/aromatic N) is 2. The van der Waals surface area contributed by atoms with E-state index in [4.69, 9.17) is 4.74 Å². The molecule has 0 radical (unpaired) electrons. The number of ether oxygens (including phenoxy) is 1. The van der Waals surface area contributed by atoms with Gasteiger partial charge in [0.1, 0.15) is 5.75 Å². The van der Waals surface area contributed by atoms with Gasteiger partial charge in [0.15, 0.2) is 5.82 Å². The van der Waals surface area contributed by atoms with Crippen molar-refractivity contribution in [2.45, 2.75) is 13.8 Å². The molecular formula is C21H21N3O2. The zero-order valence-electron chi connectivity index (χ0n) is 14.8. The minimum Gasteiger partial charge on any atom is -0.439 e. The van der Waals surface area contributed by atoms with Gasteiger partial charge in [-0.05, 0) is 30.2 Å². The molecule has 0 bridgehead atoms. The Labute approximate surface area is 153 Å². The van der Waals surface area contributed by atoms with Crippen LogP contribution in [-0.2, 0) is 0 Å². The van der Waals surface area contributed by atoms with Crippen LogP contribution in [0.3, 0.4) is 0 Å². The first-order valence-corrected chi connectivity index (χ1v) is 8.56. The van der Waals surface area contributed by atoms with Crippen molar-refractivity contribution in [3.05, 3.63) is 72.4 Å². The van der Waals surface area contributed by atoms with Crippen LogP contribution >= 0.6 is 0 Å². The number of para-hydroxylation sites is 1. The Bertz CT molecular complexity index is 862. The van der Waals surface area contributed by atoms with Gasteiger partial charge in [0.2, 0.25) is 5.88 Å². The Morgan fingerprint density at radius 1 is 1.04 bits per heavy atom. The molecule has 0 unspecified atom stereocenters. The van der Waals surface area contributed by atoms with Gasteiger partial charge in [0.05, 0.1) is 0 Å². The standard InChI is InChI=1S/C21H21N3O2/c1-15(2)14-23-21(25)17-10-8-16(9-11-17)20-22-13-12-19(24-20)26-18-6-4-3-5-7-18/h3-13,15H,14H2,1-2H3,(H,23,25). The third-order valence-electron chi connectivity index (χ3n) is 3.67. The lowest BCUT2D eigenvalue weighted by Crippen LogP contribution is -2.27. The summed E-state index contributed by atoms with van der Waals surface area (Å²) >= 11 is 0.